The van der Waals surface area contributed by atoms with Gasteiger partial charge < -0.3 is 9.63 Å². The maximum atomic E-state index is 9.82. The van der Waals surface area contributed by atoms with Crippen molar-refractivity contribution in [3.05, 3.63) is 34.6 Å². The number of benzene rings is 1. The Bertz CT molecular complexity index is 561. The average molecular weight is 327 g/mol. The van der Waals surface area contributed by atoms with Gasteiger partial charge in [-0.1, -0.05) is 33.2 Å². The van der Waals surface area contributed by atoms with Crippen LogP contribution in [0.2, 0.25) is 0 Å². The summed E-state index contributed by atoms with van der Waals surface area (Å²) in [4.78, 5) is 4.39. The number of hydrogen-bond donors (Lipinski definition) is 1. The lowest BCUT2D eigenvalue weighted by Crippen LogP contribution is -2.15. The summed E-state index contributed by atoms with van der Waals surface area (Å²) < 4.78 is 6.20. The predicted molar refractivity (Wildman–Crippen MR) is 73.5 cm³/mol. The van der Waals surface area contributed by atoms with Gasteiger partial charge in [0.25, 0.3) is 0 Å². The lowest BCUT2D eigenvalue weighted by Gasteiger charge is -2.06. The summed E-state index contributed by atoms with van der Waals surface area (Å²) in [6, 6.07) is 7.73. The van der Waals surface area contributed by atoms with Crippen LogP contribution in [-0.4, -0.2) is 32.9 Å². The first-order valence-electron chi connectivity index (χ1n) is 5.60. The van der Waals surface area contributed by atoms with E-state index in [0.717, 1.165) is 21.5 Å². The molecule has 1 saturated heterocycles. The van der Waals surface area contributed by atoms with Gasteiger partial charge >= 0.3 is 0 Å². The van der Waals surface area contributed by atoms with Crippen LogP contribution in [0.1, 0.15) is 11.8 Å². The minimum absolute atomic E-state index is 0.0428. The minimum atomic E-state index is -0.387. The van der Waals surface area contributed by atoms with Gasteiger partial charge in [-0.2, -0.15) is 16.7 Å². The molecule has 0 saturated carbocycles. The summed E-state index contributed by atoms with van der Waals surface area (Å²) in [5, 5.41) is 13.8. The van der Waals surface area contributed by atoms with E-state index in [-0.39, 0.29) is 12.0 Å². The van der Waals surface area contributed by atoms with E-state index in [2.05, 4.69) is 26.1 Å². The van der Waals surface area contributed by atoms with Crippen LogP contribution < -0.4 is 0 Å². The van der Waals surface area contributed by atoms with E-state index < -0.39 is 0 Å². The van der Waals surface area contributed by atoms with Crippen molar-refractivity contribution < 1.29 is 9.63 Å². The lowest BCUT2D eigenvalue weighted by molar-refractivity contribution is 0.164. The first-order valence-corrected chi connectivity index (χ1v) is 7.55. The Morgan fingerprint density at radius 2 is 2.17 bits per heavy atom. The molecule has 2 atom stereocenters. The van der Waals surface area contributed by atoms with Crippen molar-refractivity contribution in [1.82, 2.24) is 10.1 Å². The average Bonchev–Trinajstić information content (AvgIpc) is 2.98. The van der Waals surface area contributed by atoms with Crippen LogP contribution in [0, 0.1) is 0 Å². The second kappa shape index (κ2) is 5.03. The number of rotatable bonds is 2. The van der Waals surface area contributed by atoms with Crippen LogP contribution in [0.25, 0.3) is 11.4 Å². The van der Waals surface area contributed by atoms with E-state index in [9.17, 15) is 5.11 Å². The van der Waals surface area contributed by atoms with Gasteiger partial charge in [0.2, 0.25) is 11.7 Å². The summed E-state index contributed by atoms with van der Waals surface area (Å²) in [5.41, 5.74) is 0.896. The highest BCUT2D eigenvalue weighted by atomic mass is 79.9. The molecule has 1 fully saturated rings. The van der Waals surface area contributed by atoms with E-state index in [1.165, 1.54) is 0 Å². The minimum Gasteiger partial charge on any atom is -0.391 e. The van der Waals surface area contributed by atoms with Gasteiger partial charge in [0, 0.05) is 21.5 Å². The lowest BCUT2D eigenvalue weighted by atomic mass is 10.1. The molecule has 94 valence electrons. The number of aliphatic hydroxyl groups excluding tert-OH is 1. The van der Waals surface area contributed by atoms with Gasteiger partial charge in [-0.3, -0.25) is 0 Å². The summed E-state index contributed by atoms with van der Waals surface area (Å²) in [7, 11) is 0. The summed E-state index contributed by atoms with van der Waals surface area (Å²) in [5.74, 6) is 2.61. The second-order valence-electron chi connectivity index (χ2n) is 4.15. The Morgan fingerprint density at radius 1 is 1.33 bits per heavy atom. The number of hydrogen-bond acceptors (Lipinski definition) is 5. The van der Waals surface area contributed by atoms with Crippen LogP contribution in [0.4, 0.5) is 0 Å². The normalized spacial score (nSPS) is 23.4. The van der Waals surface area contributed by atoms with Crippen molar-refractivity contribution >= 4 is 27.7 Å². The highest BCUT2D eigenvalue weighted by molar-refractivity contribution is 9.10. The van der Waals surface area contributed by atoms with Gasteiger partial charge in [0.05, 0.1) is 12.0 Å². The standard InChI is InChI=1S/C12H11BrN2O2S/c13-9-4-2-1-3-7(9)11-14-12(17-15-11)8-5-18-6-10(8)16/h1-4,8,10,16H,5-6H2. The molecule has 4 nitrogen and oxygen atoms in total. The van der Waals surface area contributed by atoms with Gasteiger partial charge in [0.15, 0.2) is 0 Å². The van der Waals surface area contributed by atoms with E-state index >= 15 is 0 Å². The molecule has 0 radical (unpaired) electrons. The fraction of sp³-hybridized carbons (Fsp3) is 0.333. The molecular weight excluding hydrogens is 316 g/mol. The van der Waals surface area contributed by atoms with E-state index in [1.807, 2.05) is 24.3 Å². The number of aliphatic hydroxyl groups is 1. The number of aromatic nitrogens is 2. The van der Waals surface area contributed by atoms with Crippen LogP contribution >= 0.6 is 27.7 Å². The third-order valence-corrected chi connectivity index (χ3v) is 4.79. The van der Waals surface area contributed by atoms with Crippen LogP contribution in [0.15, 0.2) is 33.3 Å². The van der Waals surface area contributed by atoms with Crippen molar-refractivity contribution in [2.24, 2.45) is 0 Å². The Morgan fingerprint density at radius 3 is 2.89 bits per heavy atom. The number of thioether (sulfide) groups is 1. The molecule has 3 rings (SSSR count). The van der Waals surface area contributed by atoms with Crippen LogP contribution in [0.3, 0.4) is 0 Å². The highest BCUT2D eigenvalue weighted by Gasteiger charge is 2.32. The molecule has 1 aliphatic heterocycles. The topological polar surface area (TPSA) is 59.2 Å². The second-order valence-corrected chi connectivity index (χ2v) is 6.08. The predicted octanol–water partition coefficient (Wildman–Crippen LogP) is 2.69. The zero-order chi connectivity index (χ0) is 12.5. The van der Waals surface area contributed by atoms with Gasteiger partial charge in [-0.25, -0.2) is 0 Å². The maximum absolute atomic E-state index is 9.82. The van der Waals surface area contributed by atoms with Crippen molar-refractivity contribution in [1.29, 1.82) is 0 Å². The summed E-state index contributed by atoms with van der Waals surface area (Å²) >= 11 is 5.17. The first kappa shape index (κ1) is 12.2. The number of nitrogens with zero attached hydrogens (tertiary/aromatic N) is 2. The molecule has 1 N–H and O–H groups in total. The monoisotopic (exact) mass is 326 g/mol. The molecular formula is C12H11BrN2O2S. The fourth-order valence-corrected chi connectivity index (χ4v) is 3.61. The molecule has 0 spiro atoms. The first-order chi connectivity index (χ1) is 8.75. The number of halogens is 1. The SMILES string of the molecule is OC1CSCC1c1nc(-c2ccccc2Br)no1. The van der Waals surface area contributed by atoms with Crippen molar-refractivity contribution in [2.75, 3.05) is 11.5 Å². The molecule has 0 amide bonds. The summed E-state index contributed by atoms with van der Waals surface area (Å²) in [6.07, 6.45) is -0.387. The Balaban J connectivity index is 1.92. The third kappa shape index (κ3) is 2.20. The molecule has 1 aliphatic rings. The molecule has 1 aromatic heterocycles. The van der Waals surface area contributed by atoms with Crippen molar-refractivity contribution in [2.45, 2.75) is 12.0 Å². The Hall–Kier alpha value is -0.850. The Labute approximate surface area is 117 Å². The van der Waals surface area contributed by atoms with E-state index in [4.69, 9.17) is 4.52 Å². The molecule has 0 aliphatic carbocycles. The molecule has 2 aromatic rings. The maximum Gasteiger partial charge on any atom is 0.233 e. The van der Waals surface area contributed by atoms with Gasteiger partial charge in [-0.15, -0.1) is 0 Å². The molecule has 2 unspecified atom stereocenters. The van der Waals surface area contributed by atoms with Crippen LogP contribution in [0.5, 0.6) is 0 Å². The quantitative estimate of drug-likeness (QED) is 0.919. The smallest absolute Gasteiger partial charge is 0.233 e. The third-order valence-electron chi connectivity index (χ3n) is 2.92. The van der Waals surface area contributed by atoms with Gasteiger partial charge in [-0.05, 0) is 12.1 Å². The molecule has 6 heteroatoms. The largest absolute Gasteiger partial charge is 0.391 e. The van der Waals surface area contributed by atoms with Gasteiger partial charge in [0.1, 0.15) is 0 Å². The Kier molecular flexibility index (Phi) is 3.41. The van der Waals surface area contributed by atoms with E-state index in [1.54, 1.807) is 11.8 Å². The fourth-order valence-electron chi connectivity index (χ4n) is 1.92. The van der Waals surface area contributed by atoms with Crippen molar-refractivity contribution in [3.63, 3.8) is 0 Å². The van der Waals surface area contributed by atoms with Crippen LogP contribution in [-0.2, 0) is 0 Å². The summed E-state index contributed by atoms with van der Waals surface area (Å²) in [6.45, 7) is 0. The molecule has 2 heterocycles. The molecule has 18 heavy (non-hydrogen) atoms. The zero-order valence-corrected chi connectivity index (χ0v) is 11.8. The van der Waals surface area contributed by atoms with E-state index in [0.29, 0.717) is 11.7 Å². The highest BCUT2D eigenvalue weighted by Crippen LogP contribution is 2.33. The van der Waals surface area contributed by atoms with Crippen molar-refractivity contribution in [3.8, 4) is 11.4 Å². The molecule has 1 aromatic carbocycles. The zero-order valence-electron chi connectivity index (χ0n) is 9.41. The molecule has 0 bridgehead atoms.